The van der Waals surface area contributed by atoms with Crippen LogP contribution in [0.3, 0.4) is 0 Å². The maximum absolute atomic E-state index is 12.8. The van der Waals surface area contributed by atoms with Gasteiger partial charge in [-0.05, 0) is 42.8 Å². The first-order chi connectivity index (χ1) is 13.0. The van der Waals surface area contributed by atoms with E-state index < -0.39 is 5.76 Å². The third-order valence-electron chi connectivity index (χ3n) is 3.94. The lowest BCUT2D eigenvalue weighted by Gasteiger charge is -2.15. The maximum Gasteiger partial charge on any atom is 0.288 e. The van der Waals surface area contributed by atoms with Crippen LogP contribution >= 0.6 is 11.8 Å². The van der Waals surface area contributed by atoms with Gasteiger partial charge in [0.15, 0.2) is 0 Å². The number of para-hydroxylation sites is 3. The molecular weight excluding hydrogens is 366 g/mol. The molecule has 2 N–H and O–H groups in total. The van der Waals surface area contributed by atoms with Crippen molar-refractivity contribution in [3.63, 3.8) is 0 Å². The Kier molecular flexibility index (Phi) is 6.08. The average molecular weight is 384 g/mol. The van der Waals surface area contributed by atoms with Crippen LogP contribution in [-0.2, 0) is 0 Å². The number of carbonyl (C=O) groups excluding carboxylic acids is 1. The quantitative estimate of drug-likeness (QED) is 0.490. The number of anilines is 3. The highest BCUT2D eigenvalue weighted by molar-refractivity contribution is 7.99. The number of rotatable bonds is 6. The van der Waals surface area contributed by atoms with Crippen molar-refractivity contribution in [2.24, 2.45) is 0 Å². The summed E-state index contributed by atoms with van der Waals surface area (Å²) in [5.74, 6) is -2.79. The number of carbonyl (C=O) groups is 1. The van der Waals surface area contributed by atoms with Crippen molar-refractivity contribution < 1.29 is 13.6 Å². The fraction of sp³-hybridized carbons (Fsp3) is 0.0952. The molecule has 0 radical (unpaired) electrons. The summed E-state index contributed by atoms with van der Waals surface area (Å²) in [5.41, 5.74) is 3.18. The summed E-state index contributed by atoms with van der Waals surface area (Å²) in [6.07, 6.45) is 0. The number of amides is 1. The van der Waals surface area contributed by atoms with Gasteiger partial charge in [-0.1, -0.05) is 54.2 Å². The van der Waals surface area contributed by atoms with Crippen LogP contribution in [0.25, 0.3) is 0 Å². The molecule has 0 atom stereocenters. The van der Waals surface area contributed by atoms with E-state index >= 15 is 0 Å². The van der Waals surface area contributed by atoms with Gasteiger partial charge in [0.2, 0.25) is 0 Å². The van der Waals surface area contributed by atoms with E-state index in [9.17, 15) is 13.6 Å². The topological polar surface area (TPSA) is 41.1 Å². The van der Waals surface area contributed by atoms with Gasteiger partial charge in [-0.25, -0.2) is 0 Å². The zero-order valence-corrected chi connectivity index (χ0v) is 15.4. The maximum atomic E-state index is 12.8. The molecule has 0 spiro atoms. The Labute approximate surface area is 160 Å². The lowest BCUT2D eigenvalue weighted by atomic mass is 10.1. The van der Waals surface area contributed by atoms with E-state index in [1.807, 2.05) is 31.2 Å². The number of thioether (sulfide) groups is 1. The fourth-order valence-electron chi connectivity index (χ4n) is 2.61. The number of nitrogens with one attached hydrogen (secondary N) is 2. The van der Waals surface area contributed by atoms with Crippen LogP contribution in [0.15, 0.2) is 77.7 Å². The monoisotopic (exact) mass is 384 g/mol. The normalized spacial score (nSPS) is 10.7. The van der Waals surface area contributed by atoms with Crippen LogP contribution in [0, 0.1) is 6.92 Å². The van der Waals surface area contributed by atoms with Crippen LogP contribution in [-0.4, -0.2) is 11.7 Å². The first kappa shape index (κ1) is 18.9. The summed E-state index contributed by atoms with van der Waals surface area (Å²) in [6.45, 7) is 1.91. The van der Waals surface area contributed by atoms with Crippen molar-refractivity contribution in [2.75, 3.05) is 10.6 Å². The molecule has 138 valence electrons. The lowest BCUT2D eigenvalue weighted by Crippen LogP contribution is -2.14. The summed E-state index contributed by atoms with van der Waals surface area (Å²) >= 11 is 0.467. The fourth-order valence-corrected chi connectivity index (χ4v) is 3.20. The highest BCUT2D eigenvalue weighted by atomic mass is 32.2. The van der Waals surface area contributed by atoms with Gasteiger partial charge in [-0.3, -0.25) is 4.79 Å². The van der Waals surface area contributed by atoms with E-state index in [-0.39, 0.29) is 5.91 Å². The number of halogens is 2. The van der Waals surface area contributed by atoms with E-state index in [2.05, 4.69) is 10.6 Å². The number of alkyl halides is 2. The average Bonchev–Trinajstić information content (AvgIpc) is 2.65. The van der Waals surface area contributed by atoms with Gasteiger partial charge >= 0.3 is 0 Å². The van der Waals surface area contributed by atoms with Gasteiger partial charge < -0.3 is 10.6 Å². The number of hydrogen-bond donors (Lipinski definition) is 2. The third kappa shape index (κ3) is 4.86. The molecular formula is C21H18F2N2OS. The van der Waals surface area contributed by atoms with Gasteiger partial charge in [0.05, 0.1) is 16.9 Å². The molecule has 0 aromatic heterocycles. The van der Waals surface area contributed by atoms with E-state index in [0.29, 0.717) is 33.6 Å². The predicted molar refractivity (Wildman–Crippen MR) is 107 cm³/mol. The standard InChI is InChI=1S/C21H18F2N2OS/c1-14-8-2-4-10-16(14)25-20(26)15-9-3-5-11-17(15)24-18-12-6-7-13-19(18)27-21(22)23/h2-13,21,24H,1H3,(H,25,26). The van der Waals surface area contributed by atoms with Crippen molar-refractivity contribution in [2.45, 2.75) is 17.6 Å². The van der Waals surface area contributed by atoms with Crippen molar-refractivity contribution in [3.05, 3.63) is 83.9 Å². The predicted octanol–water partition coefficient (Wildman–Crippen LogP) is 6.31. The summed E-state index contributed by atoms with van der Waals surface area (Å²) in [5, 5.41) is 6.01. The molecule has 27 heavy (non-hydrogen) atoms. The Morgan fingerprint density at radius 3 is 2.15 bits per heavy atom. The zero-order valence-electron chi connectivity index (χ0n) is 14.6. The minimum absolute atomic E-state index is 0.272. The Balaban J connectivity index is 1.87. The van der Waals surface area contributed by atoms with Gasteiger partial charge in [-0.15, -0.1) is 0 Å². The highest BCUT2D eigenvalue weighted by Crippen LogP contribution is 2.34. The van der Waals surface area contributed by atoms with Crippen molar-refractivity contribution in [1.29, 1.82) is 0 Å². The molecule has 0 fully saturated rings. The van der Waals surface area contributed by atoms with Gasteiger partial charge in [0, 0.05) is 10.6 Å². The van der Waals surface area contributed by atoms with Crippen LogP contribution < -0.4 is 10.6 Å². The van der Waals surface area contributed by atoms with Gasteiger partial charge in [0.1, 0.15) is 0 Å². The molecule has 0 aliphatic carbocycles. The zero-order chi connectivity index (χ0) is 19.2. The van der Waals surface area contributed by atoms with E-state index in [4.69, 9.17) is 0 Å². The molecule has 3 rings (SSSR count). The molecule has 0 heterocycles. The molecule has 6 heteroatoms. The first-order valence-corrected chi connectivity index (χ1v) is 9.19. The smallest absolute Gasteiger partial charge is 0.288 e. The third-order valence-corrected chi connectivity index (χ3v) is 4.73. The SMILES string of the molecule is Cc1ccccc1NC(=O)c1ccccc1Nc1ccccc1SC(F)F. The van der Waals surface area contributed by atoms with E-state index in [0.717, 1.165) is 11.3 Å². The minimum Gasteiger partial charge on any atom is -0.354 e. The van der Waals surface area contributed by atoms with Gasteiger partial charge in [-0.2, -0.15) is 8.78 Å². The molecule has 0 bridgehead atoms. The summed E-state index contributed by atoms with van der Waals surface area (Å²) in [7, 11) is 0. The molecule has 0 aliphatic rings. The summed E-state index contributed by atoms with van der Waals surface area (Å²) in [4.78, 5) is 13.2. The molecule has 3 aromatic rings. The van der Waals surface area contributed by atoms with Crippen LogP contribution in [0.4, 0.5) is 25.8 Å². The van der Waals surface area contributed by atoms with Crippen LogP contribution in [0.5, 0.6) is 0 Å². The lowest BCUT2D eigenvalue weighted by molar-refractivity contribution is 0.102. The minimum atomic E-state index is -2.52. The van der Waals surface area contributed by atoms with Crippen molar-refractivity contribution in [1.82, 2.24) is 0 Å². The first-order valence-electron chi connectivity index (χ1n) is 8.31. The summed E-state index contributed by atoms with van der Waals surface area (Å²) in [6, 6.07) is 21.3. The molecule has 0 unspecified atom stereocenters. The van der Waals surface area contributed by atoms with Crippen LogP contribution in [0.1, 0.15) is 15.9 Å². The second kappa shape index (κ2) is 8.68. The Morgan fingerprint density at radius 2 is 1.44 bits per heavy atom. The largest absolute Gasteiger partial charge is 0.354 e. The molecule has 0 aliphatic heterocycles. The highest BCUT2D eigenvalue weighted by Gasteiger charge is 2.15. The number of benzene rings is 3. The van der Waals surface area contributed by atoms with E-state index in [1.165, 1.54) is 0 Å². The molecule has 3 aromatic carbocycles. The van der Waals surface area contributed by atoms with Gasteiger partial charge in [0.25, 0.3) is 11.7 Å². The summed E-state index contributed by atoms with van der Waals surface area (Å²) < 4.78 is 25.6. The number of aryl methyl sites for hydroxylation is 1. The molecule has 0 saturated heterocycles. The molecule has 1 amide bonds. The van der Waals surface area contributed by atoms with Crippen molar-refractivity contribution in [3.8, 4) is 0 Å². The van der Waals surface area contributed by atoms with Crippen LogP contribution in [0.2, 0.25) is 0 Å². The second-order valence-corrected chi connectivity index (χ2v) is 6.85. The number of hydrogen-bond acceptors (Lipinski definition) is 3. The Morgan fingerprint density at radius 1 is 0.852 bits per heavy atom. The second-order valence-electron chi connectivity index (χ2n) is 5.81. The molecule has 0 saturated carbocycles. The Hall–Kier alpha value is -2.86. The van der Waals surface area contributed by atoms with E-state index in [1.54, 1.807) is 48.5 Å². The Bertz CT molecular complexity index is 947. The van der Waals surface area contributed by atoms with Crippen molar-refractivity contribution >= 4 is 34.7 Å². The molecule has 3 nitrogen and oxygen atoms in total.